The second-order valence-electron chi connectivity index (χ2n) is 3.96. The maximum absolute atomic E-state index is 11.5. The Balaban J connectivity index is 1.72. The minimum atomic E-state index is -0.211. The summed E-state index contributed by atoms with van der Waals surface area (Å²) in [6.07, 6.45) is 0. The van der Waals surface area contributed by atoms with Crippen LogP contribution in [0.3, 0.4) is 0 Å². The van der Waals surface area contributed by atoms with Crippen LogP contribution in [0.5, 0.6) is 0 Å². The van der Waals surface area contributed by atoms with E-state index in [1.165, 1.54) is 0 Å². The van der Waals surface area contributed by atoms with E-state index in [0.29, 0.717) is 12.4 Å². The van der Waals surface area contributed by atoms with Gasteiger partial charge in [-0.25, -0.2) is 0 Å². The highest BCUT2D eigenvalue weighted by molar-refractivity contribution is 5.90. The molecule has 0 spiro atoms. The van der Waals surface area contributed by atoms with E-state index in [1.54, 1.807) is 6.07 Å². The van der Waals surface area contributed by atoms with Crippen LogP contribution in [0.2, 0.25) is 0 Å². The number of aromatic nitrogens is 2. The SMILES string of the molecule is Cc1cc(NC(=O)COCc2ccccc2)n[nH]1. The highest BCUT2D eigenvalue weighted by atomic mass is 16.5. The average Bonchev–Trinajstić information content (AvgIpc) is 2.76. The molecule has 0 aliphatic heterocycles. The van der Waals surface area contributed by atoms with E-state index in [4.69, 9.17) is 4.74 Å². The van der Waals surface area contributed by atoms with E-state index in [-0.39, 0.29) is 12.5 Å². The molecule has 18 heavy (non-hydrogen) atoms. The number of ether oxygens (including phenoxy) is 1. The monoisotopic (exact) mass is 245 g/mol. The molecule has 1 amide bonds. The number of aromatic amines is 1. The lowest BCUT2D eigenvalue weighted by Crippen LogP contribution is -2.18. The van der Waals surface area contributed by atoms with Crippen LogP contribution in [0, 0.1) is 6.92 Å². The first kappa shape index (κ1) is 12.3. The van der Waals surface area contributed by atoms with Crippen molar-refractivity contribution in [2.24, 2.45) is 0 Å². The summed E-state index contributed by atoms with van der Waals surface area (Å²) in [4.78, 5) is 11.5. The molecule has 0 radical (unpaired) electrons. The molecule has 5 heteroatoms. The maximum atomic E-state index is 11.5. The summed E-state index contributed by atoms with van der Waals surface area (Å²) in [5, 5.41) is 9.30. The van der Waals surface area contributed by atoms with Gasteiger partial charge in [0.15, 0.2) is 5.82 Å². The van der Waals surface area contributed by atoms with Crippen LogP contribution < -0.4 is 5.32 Å². The Hall–Kier alpha value is -2.14. The molecule has 0 fully saturated rings. The summed E-state index contributed by atoms with van der Waals surface area (Å²) >= 11 is 0. The minimum Gasteiger partial charge on any atom is -0.367 e. The fraction of sp³-hybridized carbons (Fsp3) is 0.231. The number of carbonyl (C=O) groups excluding carboxylic acids is 1. The molecule has 94 valence electrons. The Bertz CT molecular complexity index is 508. The van der Waals surface area contributed by atoms with Gasteiger partial charge in [-0.1, -0.05) is 30.3 Å². The molecule has 0 aliphatic carbocycles. The van der Waals surface area contributed by atoms with E-state index in [0.717, 1.165) is 11.3 Å². The van der Waals surface area contributed by atoms with Gasteiger partial charge in [0.25, 0.3) is 5.91 Å². The van der Waals surface area contributed by atoms with Crippen molar-refractivity contribution in [1.82, 2.24) is 10.2 Å². The van der Waals surface area contributed by atoms with Crippen molar-refractivity contribution in [3.63, 3.8) is 0 Å². The number of nitrogens with one attached hydrogen (secondary N) is 2. The van der Waals surface area contributed by atoms with Gasteiger partial charge in [-0.05, 0) is 12.5 Å². The van der Waals surface area contributed by atoms with Gasteiger partial charge in [0.1, 0.15) is 6.61 Å². The number of H-pyrrole nitrogens is 1. The third-order valence-electron chi connectivity index (χ3n) is 2.32. The van der Waals surface area contributed by atoms with E-state index >= 15 is 0 Å². The largest absolute Gasteiger partial charge is 0.367 e. The van der Waals surface area contributed by atoms with Crippen molar-refractivity contribution in [3.05, 3.63) is 47.7 Å². The minimum absolute atomic E-state index is 0.0147. The molecular formula is C13H15N3O2. The van der Waals surface area contributed by atoms with Crippen LogP contribution in [0.4, 0.5) is 5.82 Å². The zero-order valence-electron chi connectivity index (χ0n) is 10.1. The first-order chi connectivity index (χ1) is 8.74. The van der Waals surface area contributed by atoms with Crippen molar-refractivity contribution < 1.29 is 9.53 Å². The molecule has 0 bridgehead atoms. The molecular weight excluding hydrogens is 230 g/mol. The quantitative estimate of drug-likeness (QED) is 0.845. The lowest BCUT2D eigenvalue weighted by Gasteiger charge is -2.04. The van der Waals surface area contributed by atoms with Crippen LogP contribution >= 0.6 is 0 Å². The van der Waals surface area contributed by atoms with Gasteiger partial charge in [-0.15, -0.1) is 0 Å². The number of hydrogen-bond acceptors (Lipinski definition) is 3. The predicted octanol–water partition coefficient (Wildman–Crippen LogP) is 1.87. The fourth-order valence-electron chi connectivity index (χ4n) is 1.50. The van der Waals surface area contributed by atoms with E-state index < -0.39 is 0 Å². The second-order valence-corrected chi connectivity index (χ2v) is 3.96. The third-order valence-corrected chi connectivity index (χ3v) is 2.32. The Morgan fingerprint density at radius 2 is 2.17 bits per heavy atom. The Kier molecular flexibility index (Phi) is 4.09. The van der Waals surface area contributed by atoms with Gasteiger partial charge in [0, 0.05) is 11.8 Å². The second kappa shape index (κ2) is 5.97. The summed E-state index contributed by atoms with van der Waals surface area (Å²) in [5.74, 6) is 0.304. The Morgan fingerprint density at radius 3 is 2.83 bits per heavy atom. The number of benzene rings is 1. The van der Waals surface area contributed by atoms with Crippen LogP contribution in [-0.4, -0.2) is 22.7 Å². The van der Waals surface area contributed by atoms with Gasteiger partial charge < -0.3 is 10.1 Å². The molecule has 0 saturated carbocycles. The molecule has 0 saturated heterocycles. The van der Waals surface area contributed by atoms with Gasteiger partial charge in [0.2, 0.25) is 0 Å². The number of nitrogens with zero attached hydrogens (tertiary/aromatic N) is 1. The first-order valence-corrected chi connectivity index (χ1v) is 5.67. The smallest absolute Gasteiger partial charge is 0.251 e. The normalized spacial score (nSPS) is 10.3. The van der Waals surface area contributed by atoms with Crippen molar-refractivity contribution in [2.75, 3.05) is 11.9 Å². The van der Waals surface area contributed by atoms with Crippen molar-refractivity contribution in [3.8, 4) is 0 Å². The van der Waals surface area contributed by atoms with Gasteiger partial charge in [0.05, 0.1) is 6.61 Å². The van der Waals surface area contributed by atoms with Crippen LogP contribution in [0.25, 0.3) is 0 Å². The highest BCUT2D eigenvalue weighted by Gasteiger charge is 2.04. The lowest BCUT2D eigenvalue weighted by atomic mass is 10.2. The number of rotatable bonds is 5. The van der Waals surface area contributed by atoms with Crippen LogP contribution in [0.15, 0.2) is 36.4 Å². The van der Waals surface area contributed by atoms with Gasteiger partial charge >= 0.3 is 0 Å². The molecule has 2 rings (SSSR count). The van der Waals surface area contributed by atoms with Crippen LogP contribution in [0.1, 0.15) is 11.3 Å². The van der Waals surface area contributed by atoms with Gasteiger partial charge in [-0.2, -0.15) is 5.10 Å². The lowest BCUT2D eigenvalue weighted by molar-refractivity contribution is -0.121. The zero-order valence-corrected chi connectivity index (χ0v) is 10.1. The van der Waals surface area contributed by atoms with Crippen molar-refractivity contribution in [2.45, 2.75) is 13.5 Å². The molecule has 0 aliphatic rings. The molecule has 1 heterocycles. The molecule has 2 N–H and O–H groups in total. The summed E-state index contributed by atoms with van der Waals surface area (Å²) in [7, 11) is 0. The number of amides is 1. The molecule has 1 aromatic heterocycles. The average molecular weight is 245 g/mol. The summed E-state index contributed by atoms with van der Waals surface area (Å²) in [5.41, 5.74) is 1.94. The summed E-state index contributed by atoms with van der Waals surface area (Å²) in [6, 6.07) is 11.5. The Morgan fingerprint density at radius 1 is 1.39 bits per heavy atom. The standard InChI is InChI=1S/C13H15N3O2/c1-10-7-12(16-15-10)14-13(17)9-18-8-11-5-3-2-4-6-11/h2-7H,8-9H2,1H3,(H2,14,15,16,17). The molecule has 5 nitrogen and oxygen atoms in total. The zero-order chi connectivity index (χ0) is 12.8. The number of anilines is 1. The van der Waals surface area contributed by atoms with Crippen molar-refractivity contribution in [1.29, 1.82) is 0 Å². The summed E-state index contributed by atoms with van der Waals surface area (Å²) < 4.78 is 5.31. The number of carbonyl (C=O) groups is 1. The first-order valence-electron chi connectivity index (χ1n) is 5.67. The summed E-state index contributed by atoms with van der Waals surface area (Å²) in [6.45, 7) is 2.31. The molecule has 0 unspecified atom stereocenters. The van der Waals surface area contributed by atoms with Gasteiger partial charge in [-0.3, -0.25) is 9.89 Å². The van der Waals surface area contributed by atoms with E-state index in [1.807, 2.05) is 37.3 Å². The maximum Gasteiger partial charge on any atom is 0.251 e. The predicted molar refractivity (Wildman–Crippen MR) is 68.1 cm³/mol. The van der Waals surface area contributed by atoms with E-state index in [9.17, 15) is 4.79 Å². The number of hydrogen-bond donors (Lipinski definition) is 2. The molecule has 2 aromatic rings. The Labute approximate surface area is 105 Å². The molecule has 1 aromatic carbocycles. The molecule has 0 atom stereocenters. The highest BCUT2D eigenvalue weighted by Crippen LogP contribution is 2.04. The van der Waals surface area contributed by atoms with E-state index in [2.05, 4.69) is 15.5 Å². The topological polar surface area (TPSA) is 67.0 Å². The third kappa shape index (κ3) is 3.71. The van der Waals surface area contributed by atoms with Crippen molar-refractivity contribution >= 4 is 11.7 Å². The fourth-order valence-corrected chi connectivity index (χ4v) is 1.50. The van der Waals surface area contributed by atoms with Crippen LogP contribution in [-0.2, 0) is 16.1 Å². The number of aryl methyl sites for hydroxylation is 1.